The molecule has 304 valence electrons. The molecule has 2 saturated heterocycles. The predicted molar refractivity (Wildman–Crippen MR) is 205 cm³/mol. The lowest BCUT2D eigenvalue weighted by molar-refractivity contribution is -0.147. The fourth-order valence-electron chi connectivity index (χ4n) is 5.87. The van der Waals surface area contributed by atoms with Gasteiger partial charge in [-0.15, -0.1) is 0 Å². The molecule has 0 unspecified atom stereocenters. The number of amides is 2. The molecule has 0 saturated carbocycles. The van der Waals surface area contributed by atoms with Crippen LogP contribution in [-0.4, -0.2) is 138 Å². The number of nitrogens with one attached hydrogen (secondary N) is 1. The fraction of sp³-hybridized carbons (Fsp3) is 0.579. The Labute approximate surface area is 324 Å². The normalized spacial score (nSPS) is 17.5. The van der Waals surface area contributed by atoms with E-state index in [1.54, 1.807) is 41.5 Å². The van der Waals surface area contributed by atoms with Gasteiger partial charge in [-0.1, -0.05) is 30.3 Å². The van der Waals surface area contributed by atoms with Crippen LogP contribution in [0.25, 0.3) is 0 Å². The minimum absolute atomic E-state index is 0.299. The van der Waals surface area contributed by atoms with Gasteiger partial charge in [-0.25, -0.2) is 19.2 Å². The number of carbonyl (C=O) groups is 4. The first-order chi connectivity index (χ1) is 26.3. The van der Waals surface area contributed by atoms with Gasteiger partial charge in [0.05, 0.1) is 42.4 Å². The van der Waals surface area contributed by atoms with Gasteiger partial charge in [0, 0.05) is 49.7 Å². The van der Waals surface area contributed by atoms with Crippen molar-refractivity contribution in [2.75, 3.05) is 70.4 Å². The third-order valence-corrected chi connectivity index (χ3v) is 8.45. The molecule has 2 amide bonds. The monoisotopic (exact) mass is 773 g/mol. The molecule has 2 aliphatic rings. The number of H-pyrrole nitrogens is 1. The molecule has 3 aromatic rings. The third kappa shape index (κ3) is 12.6. The summed E-state index contributed by atoms with van der Waals surface area (Å²) >= 11 is 0. The van der Waals surface area contributed by atoms with E-state index in [0.717, 1.165) is 28.6 Å². The van der Waals surface area contributed by atoms with Gasteiger partial charge >= 0.3 is 24.1 Å². The lowest BCUT2D eigenvalue weighted by atomic mass is 10.1. The number of aromatic amines is 1. The maximum atomic E-state index is 12.6. The Morgan fingerprint density at radius 3 is 1.69 bits per heavy atom. The molecule has 4 heterocycles. The topological polar surface area (TPSA) is 165 Å². The van der Waals surface area contributed by atoms with Gasteiger partial charge in [0.2, 0.25) is 0 Å². The molecule has 2 aliphatic heterocycles. The third-order valence-electron chi connectivity index (χ3n) is 8.45. The molecular formula is C38H57FN8O8. The second-order valence-electron chi connectivity index (χ2n) is 15.0. The molecule has 2 atom stereocenters. The van der Waals surface area contributed by atoms with Crippen molar-refractivity contribution in [1.82, 2.24) is 29.8 Å². The number of benzene rings is 1. The minimum atomic E-state index is -1.00. The number of carbonyl (C=O) groups excluding carboxylic acids is 4. The summed E-state index contributed by atoms with van der Waals surface area (Å²) < 4.78 is 38.1. The highest BCUT2D eigenvalue weighted by atomic mass is 19.1. The molecular weight excluding hydrogens is 715 g/mol. The molecule has 2 aromatic heterocycles. The van der Waals surface area contributed by atoms with Crippen molar-refractivity contribution in [2.45, 2.75) is 85.2 Å². The Morgan fingerprint density at radius 1 is 0.800 bits per heavy atom. The molecule has 0 spiro atoms. The zero-order valence-electron chi connectivity index (χ0n) is 34.6. The molecule has 0 radical (unpaired) electrons. The number of ether oxygens (including phenoxy) is 4. The molecule has 17 heteroatoms. The van der Waals surface area contributed by atoms with E-state index >= 15 is 0 Å². The van der Waals surface area contributed by atoms with Crippen molar-refractivity contribution in [3.8, 4) is 0 Å². The number of nitrogens with zero attached hydrogens (tertiary/aromatic N) is 7. The quantitative estimate of drug-likeness (QED) is 0.271. The van der Waals surface area contributed by atoms with Gasteiger partial charge in [0.15, 0.2) is 23.7 Å². The lowest BCUT2D eigenvalue weighted by Crippen LogP contribution is -2.59. The Hall–Kier alpha value is -5.35. The van der Waals surface area contributed by atoms with Gasteiger partial charge in [-0.3, -0.25) is 24.0 Å². The number of hydrogen-bond donors (Lipinski definition) is 1. The SMILES string of the molecule is COC(=O)[C@@H]1CN(c2cc(C)[nH]n2)CCN1C(=O)OC(C)(C)C.COC(=O)[C@@H]1CN(c2cc(C)n(Cc3ccccc3)n2)CCN1C(=O)OC(C)(C)C.[2H]CF. The van der Waals surface area contributed by atoms with Gasteiger partial charge in [0.25, 0.3) is 0 Å². The first-order valence-electron chi connectivity index (χ1n) is 18.6. The highest BCUT2D eigenvalue weighted by molar-refractivity contribution is 5.83. The van der Waals surface area contributed by atoms with Crippen LogP contribution in [0, 0.1) is 13.8 Å². The molecule has 0 bridgehead atoms. The number of piperazine rings is 2. The van der Waals surface area contributed by atoms with Crippen molar-refractivity contribution >= 4 is 35.8 Å². The summed E-state index contributed by atoms with van der Waals surface area (Å²) in [6, 6.07) is 12.6. The maximum absolute atomic E-state index is 12.6. The second kappa shape index (κ2) is 19.3. The van der Waals surface area contributed by atoms with Crippen molar-refractivity contribution < 1.29 is 43.9 Å². The zero-order chi connectivity index (χ0) is 41.8. The van der Waals surface area contributed by atoms with E-state index in [4.69, 9.17) is 25.4 Å². The lowest BCUT2D eigenvalue weighted by Gasteiger charge is -2.40. The molecule has 1 N–H and O–H groups in total. The molecule has 2 fully saturated rings. The molecule has 55 heavy (non-hydrogen) atoms. The summed E-state index contributed by atoms with van der Waals surface area (Å²) in [6.45, 7) is 17.8. The summed E-state index contributed by atoms with van der Waals surface area (Å²) in [5, 5.41) is 11.8. The molecule has 16 nitrogen and oxygen atoms in total. The van der Waals surface area contributed by atoms with Crippen molar-refractivity contribution in [3.05, 3.63) is 59.4 Å². The Morgan fingerprint density at radius 2 is 1.27 bits per heavy atom. The van der Waals surface area contributed by atoms with Gasteiger partial charge < -0.3 is 28.7 Å². The second-order valence-corrected chi connectivity index (χ2v) is 15.0. The van der Waals surface area contributed by atoms with E-state index in [2.05, 4.69) is 22.3 Å². The maximum Gasteiger partial charge on any atom is 0.411 e. The summed E-state index contributed by atoms with van der Waals surface area (Å²) in [7, 11) is 1.64. The summed E-state index contributed by atoms with van der Waals surface area (Å²) in [5.74, 6) is 0.597. The average Bonchev–Trinajstić information content (AvgIpc) is 3.74. The first-order valence-corrected chi connectivity index (χ1v) is 17.9. The van der Waals surface area contributed by atoms with Gasteiger partial charge in [-0.05, 0) is 61.0 Å². The van der Waals surface area contributed by atoms with E-state index in [1.807, 2.05) is 58.7 Å². The van der Waals surface area contributed by atoms with Crippen LogP contribution in [0.15, 0.2) is 42.5 Å². The number of aromatic nitrogens is 4. The number of hydrogen-bond acceptors (Lipinski definition) is 12. The minimum Gasteiger partial charge on any atom is -0.467 e. The smallest absolute Gasteiger partial charge is 0.411 e. The zero-order valence-corrected chi connectivity index (χ0v) is 33.6. The molecule has 0 aliphatic carbocycles. The van der Waals surface area contributed by atoms with Crippen LogP contribution in [0.5, 0.6) is 0 Å². The van der Waals surface area contributed by atoms with Crippen LogP contribution in [0.1, 0.15) is 59.9 Å². The van der Waals surface area contributed by atoms with Crippen LogP contribution < -0.4 is 9.80 Å². The van der Waals surface area contributed by atoms with Gasteiger partial charge in [-0.2, -0.15) is 10.2 Å². The number of anilines is 2. The summed E-state index contributed by atoms with van der Waals surface area (Å²) in [4.78, 5) is 56.3. The van der Waals surface area contributed by atoms with Crippen LogP contribution >= 0.6 is 0 Å². The highest BCUT2D eigenvalue weighted by Gasteiger charge is 2.40. The molecule has 5 rings (SSSR count). The average molecular weight is 774 g/mol. The highest BCUT2D eigenvalue weighted by Crippen LogP contribution is 2.24. The standard InChI is InChI=1S/C22H30N4O4.C15H24N4O4.CH3F/c1-16-13-19(23-26(16)14-17-9-7-6-8-10-17)24-11-12-25(18(15-24)20(27)29-5)21(28)30-22(2,3)4;1-10-8-12(17-16-10)18-6-7-19(11(9-18)13(20)22-5)14(21)23-15(2,3)4;1-2/h6-10,13,18H,11-12,14-15H2,1-5H3;8,11H,6-7,9H2,1-5H3,(H,16,17);1H3/t18-;11-;/m00./s1/i;;1D. The van der Waals surface area contributed by atoms with Crippen LogP contribution in [0.4, 0.5) is 25.6 Å². The number of halogens is 1. The van der Waals surface area contributed by atoms with Crippen molar-refractivity contribution in [2.24, 2.45) is 0 Å². The van der Waals surface area contributed by atoms with Crippen molar-refractivity contribution in [1.29, 1.82) is 0 Å². The van der Waals surface area contributed by atoms with Crippen LogP contribution in [-0.2, 0) is 35.1 Å². The number of aryl methyl sites for hydroxylation is 2. The summed E-state index contributed by atoms with van der Waals surface area (Å²) in [6.07, 6.45) is -1.02. The van der Waals surface area contributed by atoms with E-state index in [0.29, 0.717) is 45.8 Å². The van der Waals surface area contributed by atoms with Crippen molar-refractivity contribution in [3.63, 3.8) is 0 Å². The van der Waals surface area contributed by atoms with E-state index in [1.165, 1.54) is 24.0 Å². The van der Waals surface area contributed by atoms with Gasteiger partial charge in [0.1, 0.15) is 11.2 Å². The van der Waals surface area contributed by atoms with Crippen LogP contribution in [0.3, 0.4) is 0 Å². The Bertz CT molecular complexity index is 1740. The summed E-state index contributed by atoms with van der Waals surface area (Å²) in [5.41, 5.74) is 1.87. The molecule has 1 aromatic carbocycles. The number of esters is 2. The van der Waals surface area contributed by atoms with E-state index in [-0.39, 0.29) is 0 Å². The number of rotatable bonds is 6. The first kappa shape index (κ1) is 42.4. The number of alkyl halides is 1. The van der Waals surface area contributed by atoms with E-state index < -0.39 is 54.6 Å². The Balaban J connectivity index is 0.000000289. The fourth-order valence-corrected chi connectivity index (χ4v) is 5.87. The van der Waals surface area contributed by atoms with Crippen LogP contribution in [0.2, 0.25) is 0 Å². The number of methoxy groups -OCH3 is 2. The predicted octanol–water partition coefficient (Wildman–Crippen LogP) is 4.74. The largest absolute Gasteiger partial charge is 0.467 e. The van der Waals surface area contributed by atoms with E-state index in [9.17, 15) is 23.6 Å². The Kier molecular flexibility index (Phi) is 14.9.